The largest absolute Gasteiger partial charge is 0.316 e. The molecule has 11 heavy (non-hydrogen) atoms. The number of halogens is 1. The van der Waals surface area contributed by atoms with Gasteiger partial charge in [-0.2, -0.15) is 0 Å². The molecule has 0 spiro atoms. The molecule has 0 atom stereocenters. The number of hydrogen-bond donors (Lipinski definition) is 2. The Morgan fingerprint density at radius 2 is 1.73 bits per heavy atom. The lowest BCUT2D eigenvalue weighted by molar-refractivity contribution is 0.703. The lowest BCUT2D eigenvalue weighted by atomic mass is 10.1. The van der Waals surface area contributed by atoms with Gasteiger partial charge in [-0.3, -0.25) is 0 Å². The van der Waals surface area contributed by atoms with Crippen molar-refractivity contribution in [2.24, 2.45) is 11.5 Å². The van der Waals surface area contributed by atoms with Gasteiger partial charge in [0.1, 0.15) is 0 Å². The van der Waals surface area contributed by atoms with Crippen LogP contribution in [0.1, 0.15) is 5.56 Å². The van der Waals surface area contributed by atoms with Gasteiger partial charge in [0, 0.05) is 11.4 Å². The topological polar surface area (TPSA) is 52.0 Å². The van der Waals surface area contributed by atoms with Crippen LogP contribution in [0.15, 0.2) is 24.3 Å². The Morgan fingerprint density at radius 1 is 1.18 bits per heavy atom. The molecular formula is C8H11ClN2. The molecule has 3 heteroatoms. The van der Waals surface area contributed by atoms with Crippen molar-refractivity contribution >= 4 is 11.6 Å². The van der Waals surface area contributed by atoms with Crippen LogP contribution in [0.2, 0.25) is 5.02 Å². The highest BCUT2D eigenvalue weighted by Crippen LogP contribution is 2.09. The molecule has 0 aromatic heterocycles. The van der Waals surface area contributed by atoms with E-state index in [-0.39, 0.29) is 6.17 Å². The zero-order valence-corrected chi connectivity index (χ0v) is 6.88. The first-order valence-electron chi connectivity index (χ1n) is 3.44. The van der Waals surface area contributed by atoms with Crippen LogP contribution in [0, 0.1) is 0 Å². The highest BCUT2D eigenvalue weighted by atomic mass is 35.5. The van der Waals surface area contributed by atoms with Crippen LogP contribution in [0.3, 0.4) is 0 Å². The second kappa shape index (κ2) is 3.72. The molecule has 4 N–H and O–H groups in total. The summed E-state index contributed by atoms with van der Waals surface area (Å²) in [7, 11) is 0. The van der Waals surface area contributed by atoms with E-state index in [4.69, 9.17) is 23.1 Å². The minimum absolute atomic E-state index is 0.281. The van der Waals surface area contributed by atoms with Crippen LogP contribution >= 0.6 is 11.6 Å². The minimum Gasteiger partial charge on any atom is -0.316 e. The van der Waals surface area contributed by atoms with Crippen LogP contribution in [0.25, 0.3) is 0 Å². The van der Waals surface area contributed by atoms with E-state index in [0.717, 1.165) is 10.6 Å². The summed E-state index contributed by atoms with van der Waals surface area (Å²) in [6.45, 7) is 0. The third kappa shape index (κ3) is 2.89. The summed E-state index contributed by atoms with van der Waals surface area (Å²) in [5.74, 6) is 0. The molecule has 0 amide bonds. The molecular weight excluding hydrogens is 160 g/mol. The van der Waals surface area contributed by atoms with E-state index >= 15 is 0 Å². The number of rotatable bonds is 2. The Morgan fingerprint density at radius 3 is 2.18 bits per heavy atom. The van der Waals surface area contributed by atoms with Crippen molar-refractivity contribution < 1.29 is 0 Å². The molecule has 0 bridgehead atoms. The SMILES string of the molecule is NC(N)Cc1ccc(Cl)cc1. The van der Waals surface area contributed by atoms with Crippen LogP contribution in [-0.4, -0.2) is 6.17 Å². The Labute approximate surface area is 71.1 Å². The summed E-state index contributed by atoms with van der Waals surface area (Å²) in [4.78, 5) is 0. The standard InChI is InChI=1S/C8H11ClN2/c9-7-3-1-6(2-4-7)5-8(10)11/h1-4,8H,5,10-11H2. The molecule has 0 radical (unpaired) electrons. The predicted molar refractivity (Wildman–Crippen MR) is 47.3 cm³/mol. The quantitative estimate of drug-likeness (QED) is 0.654. The van der Waals surface area contributed by atoms with Gasteiger partial charge >= 0.3 is 0 Å². The minimum atomic E-state index is -0.281. The van der Waals surface area contributed by atoms with Crippen molar-refractivity contribution in [2.45, 2.75) is 12.6 Å². The molecule has 0 saturated carbocycles. The molecule has 0 saturated heterocycles. The van der Waals surface area contributed by atoms with E-state index < -0.39 is 0 Å². The monoisotopic (exact) mass is 170 g/mol. The molecule has 0 aliphatic carbocycles. The van der Waals surface area contributed by atoms with Gasteiger partial charge in [0.2, 0.25) is 0 Å². The van der Waals surface area contributed by atoms with Gasteiger partial charge in [0.25, 0.3) is 0 Å². The van der Waals surface area contributed by atoms with E-state index in [1.54, 1.807) is 0 Å². The van der Waals surface area contributed by atoms with E-state index in [1.807, 2.05) is 24.3 Å². The van der Waals surface area contributed by atoms with Gasteiger partial charge in [-0.05, 0) is 17.7 Å². The molecule has 0 aliphatic heterocycles. The first-order valence-corrected chi connectivity index (χ1v) is 3.82. The zero-order chi connectivity index (χ0) is 8.27. The number of benzene rings is 1. The Hall–Kier alpha value is -0.570. The molecule has 0 heterocycles. The van der Waals surface area contributed by atoms with Gasteiger partial charge in [0.15, 0.2) is 0 Å². The predicted octanol–water partition coefficient (Wildman–Crippen LogP) is 1.13. The summed E-state index contributed by atoms with van der Waals surface area (Å²) in [5.41, 5.74) is 11.9. The van der Waals surface area contributed by atoms with E-state index in [0.29, 0.717) is 6.42 Å². The average Bonchev–Trinajstić information content (AvgIpc) is 1.93. The van der Waals surface area contributed by atoms with Crippen molar-refractivity contribution in [3.63, 3.8) is 0 Å². The second-order valence-electron chi connectivity index (χ2n) is 2.49. The van der Waals surface area contributed by atoms with Crippen molar-refractivity contribution in [2.75, 3.05) is 0 Å². The normalized spacial score (nSPS) is 10.5. The summed E-state index contributed by atoms with van der Waals surface area (Å²) in [6, 6.07) is 7.52. The van der Waals surface area contributed by atoms with Crippen molar-refractivity contribution in [1.29, 1.82) is 0 Å². The molecule has 1 aromatic rings. The Kier molecular flexibility index (Phi) is 2.88. The molecule has 1 rings (SSSR count). The van der Waals surface area contributed by atoms with Gasteiger partial charge in [-0.25, -0.2) is 0 Å². The van der Waals surface area contributed by atoms with Gasteiger partial charge in [0.05, 0.1) is 6.17 Å². The van der Waals surface area contributed by atoms with Crippen LogP contribution in [0.5, 0.6) is 0 Å². The lowest BCUT2D eigenvalue weighted by Crippen LogP contribution is -2.32. The first-order chi connectivity index (χ1) is 5.18. The summed E-state index contributed by atoms with van der Waals surface area (Å²) >= 11 is 5.69. The van der Waals surface area contributed by atoms with Crippen LogP contribution in [0.4, 0.5) is 0 Å². The van der Waals surface area contributed by atoms with Crippen molar-refractivity contribution in [1.82, 2.24) is 0 Å². The Bertz CT molecular complexity index is 218. The second-order valence-corrected chi connectivity index (χ2v) is 2.93. The summed E-state index contributed by atoms with van der Waals surface area (Å²) < 4.78 is 0. The van der Waals surface area contributed by atoms with Gasteiger partial charge in [-0.1, -0.05) is 23.7 Å². The molecule has 60 valence electrons. The van der Waals surface area contributed by atoms with Gasteiger partial charge in [-0.15, -0.1) is 0 Å². The van der Waals surface area contributed by atoms with Crippen LogP contribution < -0.4 is 11.5 Å². The fraction of sp³-hybridized carbons (Fsp3) is 0.250. The third-order valence-corrected chi connectivity index (χ3v) is 1.64. The van der Waals surface area contributed by atoms with E-state index in [2.05, 4.69) is 0 Å². The fourth-order valence-electron chi connectivity index (χ4n) is 0.893. The van der Waals surface area contributed by atoms with Crippen molar-refractivity contribution in [3.05, 3.63) is 34.9 Å². The molecule has 0 unspecified atom stereocenters. The highest BCUT2D eigenvalue weighted by Gasteiger charge is 1.96. The summed E-state index contributed by atoms with van der Waals surface area (Å²) in [5, 5.41) is 0.736. The average molecular weight is 171 g/mol. The molecule has 2 nitrogen and oxygen atoms in total. The smallest absolute Gasteiger partial charge is 0.0562 e. The number of nitrogens with two attached hydrogens (primary N) is 2. The van der Waals surface area contributed by atoms with Crippen molar-refractivity contribution in [3.8, 4) is 0 Å². The Balaban J connectivity index is 2.66. The maximum atomic E-state index is 5.69. The third-order valence-electron chi connectivity index (χ3n) is 1.38. The maximum Gasteiger partial charge on any atom is 0.0562 e. The van der Waals surface area contributed by atoms with E-state index in [9.17, 15) is 0 Å². The molecule has 1 aromatic carbocycles. The van der Waals surface area contributed by atoms with Gasteiger partial charge < -0.3 is 11.5 Å². The molecule has 0 aliphatic rings. The number of hydrogen-bond acceptors (Lipinski definition) is 2. The fourth-order valence-corrected chi connectivity index (χ4v) is 1.02. The zero-order valence-electron chi connectivity index (χ0n) is 6.13. The lowest BCUT2D eigenvalue weighted by Gasteiger charge is -2.04. The highest BCUT2D eigenvalue weighted by molar-refractivity contribution is 6.30. The molecule has 0 fully saturated rings. The van der Waals surface area contributed by atoms with E-state index in [1.165, 1.54) is 0 Å². The first kappa shape index (κ1) is 8.53. The summed E-state index contributed by atoms with van der Waals surface area (Å²) in [6.07, 6.45) is 0.410. The van der Waals surface area contributed by atoms with Crippen LogP contribution in [-0.2, 0) is 6.42 Å². The maximum absolute atomic E-state index is 5.69.